The minimum absolute atomic E-state index is 0.0231. The molecule has 28 heavy (non-hydrogen) atoms. The number of amides is 1. The lowest BCUT2D eigenvalue weighted by Gasteiger charge is -2.19. The van der Waals surface area contributed by atoms with Gasteiger partial charge in [0.25, 0.3) is 0 Å². The van der Waals surface area contributed by atoms with E-state index in [-0.39, 0.29) is 11.9 Å². The molecule has 0 spiro atoms. The van der Waals surface area contributed by atoms with Crippen LogP contribution in [0.2, 0.25) is 0 Å². The number of carbonyl (C=O) groups excluding carboxylic acids is 2. The molecule has 0 unspecified atom stereocenters. The van der Waals surface area contributed by atoms with Crippen molar-refractivity contribution in [3.05, 3.63) is 16.0 Å². The van der Waals surface area contributed by atoms with E-state index in [1.54, 1.807) is 23.1 Å². The fourth-order valence-corrected chi connectivity index (χ4v) is 6.04. The van der Waals surface area contributed by atoms with Crippen molar-refractivity contribution in [1.82, 2.24) is 4.90 Å². The molecule has 0 radical (unpaired) electrons. The van der Waals surface area contributed by atoms with Crippen molar-refractivity contribution in [2.24, 2.45) is 0 Å². The Hall–Kier alpha value is -1.05. The zero-order valence-electron chi connectivity index (χ0n) is 16.9. The molecule has 0 atom stereocenters. The quantitative estimate of drug-likeness (QED) is 0.497. The number of thioether (sulfide) groups is 1. The van der Waals surface area contributed by atoms with E-state index in [9.17, 15) is 9.59 Å². The Labute approximate surface area is 176 Å². The number of hydrogen-bond donors (Lipinski definition) is 1. The molecule has 1 amide bonds. The first-order chi connectivity index (χ1) is 13.7. The average molecular weight is 425 g/mol. The van der Waals surface area contributed by atoms with Gasteiger partial charge in [-0.2, -0.15) is 11.8 Å². The molecule has 1 aliphatic carbocycles. The van der Waals surface area contributed by atoms with E-state index < -0.39 is 0 Å². The highest BCUT2D eigenvalue weighted by Gasteiger charge is 2.27. The molecular formula is C21H32N2O3S2. The van der Waals surface area contributed by atoms with Gasteiger partial charge in [0.05, 0.1) is 17.9 Å². The van der Waals surface area contributed by atoms with Crippen molar-refractivity contribution in [2.45, 2.75) is 58.3 Å². The molecule has 0 bridgehead atoms. The van der Waals surface area contributed by atoms with Crippen LogP contribution in [0, 0.1) is 0 Å². The van der Waals surface area contributed by atoms with Gasteiger partial charge in [-0.3, -0.25) is 4.79 Å². The lowest BCUT2D eigenvalue weighted by molar-refractivity contribution is -0.113. The molecule has 0 saturated carbocycles. The Morgan fingerprint density at radius 1 is 1.11 bits per heavy atom. The van der Waals surface area contributed by atoms with Crippen molar-refractivity contribution < 1.29 is 14.3 Å². The van der Waals surface area contributed by atoms with Crippen LogP contribution in [0.1, 0.15) is 66.2 Å². The molecule has 7 heteroatoms. The minimum Gasteiger partial charge on any atom is -0.462 e. The van der Waals surface area contributed by atoms with Crippen molar-refractivity contribution in [3.8, 4) is 0 Å². The van der Waals surface area contributed by atoms with E-state index in [4.69, 9.17) is 4.74 Å². The largest absolute Gasteiger partial charge is 0.462 e. The van der Waals surface area contributed by atoms with E-state index in [1.807, 2.05) is 6.92 Å². The SMILES string of the molecule is CCOC(=O)c1c(NC(=O)CSCCN2CCCCCC2)sc2c1CCCC2. The summed E-state index contributed by atoms with van der Waals surface area (Å²) in [5.74, 6) is 1.08. The Kier molecular flexibility index (Phi) is 8.67. The topological polar surface area (TPSA) is 58.6 Å². The molecule has 156 valence electrons. The zero-order chi connectivity index (χ0) is 19.8. The fraction of sp³-hybridized carbons (Fsp3) is 0.714. The first-order valence-electron chi connectivity index (χ1n) is 10.6. The van der Waals surface area contributed by atoms with Gasteiger partial charge in [-0.15, -0.1) is 11.3 Å². The van der Waals surface area contributed by atoms with E-state index in [0.717, 1.165) is 43.5 Å². The van der Waals surface area contributed by atoms with Gasteiger partial charge in [-0.05, 0) is 64.1 Å². The molecular weight excluding hydrogens is 392 g/mol. The summed E-state index contributed by atoms with van der Waals surface area (Å²) < 4.78 is 5.26. The monoisotopic (exact) mass is 424 g/mol. The van der Waals surface area contributed by atoms with Gasteiger partial charge in [0.2, 0.25) is 5.91 Å². The maximum Gasteiger partial charge on any atom is 0.341 e. The van der Waals surface area contributed by atoms with Crippen molar-refractivity contribution in [3.63, 3.8) is 0 Å². The zero-order valence-corrected chi connectivity index (χ0v) is 18.5. The van der Waals surface area contributed by atoms with Gasteiger partial charge in [0.1, 0.15) is 5.00 Å². The standard InChI is InChI=1S/C21H32N2O3S2/c1-2-26-21(25)19-16-9-5-6-10-17(16)28-20(19)22-18(24)15-27-14-13-23-11-7-3-4-8-12-23/h2-15H2,1H3,(H,22,24). The fourth-order valence-electron chi connectivity index (χ4n) is 3.95. The predicted molar refractivity (Wildman–Crippen MR) is 118 cm³/mol. The molecule has 3 rings (SSSR count). The predicted octanol–water partition coefficient (Wildman–Crippen LogP) is 4.35. The van der Waals surface area contributed by atoms with E-state index in [2.05, 4.69) is 10.2 Å². The van der Waals surface area contributed by atoms with Crippen LogP contribution >= 0.6 is 23.1 Å². The van der Waals surface area contributed by atoms with Crippen LogP contribution in [0.15, 0.2) is 0 Å². The molecule has 1 fully saturated rings. The van der Waals surface area contributed by atoms with Gasteiger partial charge in [0.15, 0.2) is 0 Å². The highest BCUT2D eigenvalue weighted by Crippen LogP contribution is 2.38. The highest BCUT2D eigenvalue weighted by molar-refractivity contribution is 7.99. The number of thiophene rings is 1. The van der Waals surface area contributed by atoms with Crippen molar-refractivity contribution in [2.75, 3.05) is 43.1 Å². The summed E-state index contributed by atoms with van der Waals surface area (Å²) >= 11 is 3.23. The molecule has 2 heterocycles. The summed E-state index contributed by atoms with van der Waals surface area (Å²) in [5.41, 5.74) is 1.70. The Balaban J connectivity index is 1.51. The number of fused-ring (bicyclic) bond motifs is 1. The molecule has 1 aliphatic heterocycles. The molecule has 1 saturated heterocycles. The molecule has 2 aliphatic rings. The maximum atomic E-state index is 12.5. The third kappa shape index (κ3) is 5.97. The van der Waals surface area contributed by atoms with Gasteiger partial charge in [-0.25, -0.2) is 4.79 Å². The number of ether oxygens (including phenoxy) is 1. The molecule has 5 nitrogen and oxygen atoms in total. The van der Waals surface area contributed by atoms with Gasteiger partial charge >= 0.3 is 5.97 Å². The van der Waals surface area contributed by atoms with Crippen LogP contribution in [0.5, 0.6) is 0 Å². The van der Waals surface area contributed by atoms with Crippen molar-refractivity contribution >= 4 is 40.0 Å². The van der Waals surface area contributed by atoms with Crippen LogP contribution in [-0.2, 0) is 22.4 Å². The third-order valence-corrected chi connectivity index (χ3v) is 7.53. The van der Waals surface area contributed by atoms with Crippen LogP contribution < -0.4 is 5.32 Å². The van der Waals surface area contributed by atoms with Crippen LogP contribution in [0.3, 0.4) is 0 Å². The Bertz CT molecular complexity index is 667. The second-order valence-corrected chi connectivity index (χ2v) is 9.70. The summed E-state index contributed by atoms with van der Waals surface area (Å²) in [7, 11) is 0. The first-order valence-corrected chi connectivity index (χ1v) is 12.6. The number of esters is 1. The number of nitrogens with zero attached hydrogens (tertiary/aromatic N) is 1. The summed E-state index contributed by atoms with van der Waals surface area (Å²) in [6.07, 6.45) is 9.42. The summed E-state index contributed by atoms with van der Waals surface area (Å²) in [4.78, 5) is 28.7. The van der Waals surface area contributed by atoms with Gasteiger partial charge in [-0.1, -0.05) is 12.8 Å². The van der Waals surface area contributed by atoms with Gasteiger partial charge in [0, 0.05) is 17.2 Å². The van der Waals surface area contributed by atoms with Crippen LogP contribution in [0.4, 0.5) is 5.00 Å². The van der Waals surface area contributed by atoms with E-state index >= 15 is 0 Å². The lowest BCUT2D eigenvalue weighted by atomic mass is 9.95. The molecule has 0 aromatic carbocycles. The molecule has 1 aromatic heterocycles. The number of aryl methyl sites for hydroxylation is 1. The Morgan fingerprint density at radius 3 is 2.61 bits per heavy atom. The average Bonchev–Trinajstić information content (AvgIpc) is 2.85. The second kappa shape index (κ2) is 11.2. The normalized spacial score (nSPS) is 17.6. The number of nitrogens with one attached hydrogen (secondary N) is 1. The summed E-state index contributed by atoms with van der Waals surface area (Å²) in [6.45, 7) is 5.60. The highest BCUT2D eigenvalue weighted by atomic mass is 32.2. The third-order valence-electron chi connectivity index (χ3n) is 5.39. The Morgan fingerprint density at radius 2 is 1.86 bits per heavy atom. The minimum atomic E-state index is -0.300. The lowest BCUT2D eigenvalue weighted by Crippen LogP contribution is -2.27. The summed E-state index contributed by atoms with van der Waals surface area (Å²) in [5, 5.41) is 3.68. The van der Waals surface area contributed by atoms with E-state index in [0.29, 0.717) is 22.9 Å². The number of hydrogen-bond acceptors (Lipinski definition) is 6. The second-order valence-electron chi connectivity index (χ2n) is 7.49. The smallest absolute Gasteiger partial charge is 0.341 e. The number of carbonyl (C=O) groups is 2. The van der Waals surface area contributed by atoms with E-state index in [1.165, 1.54) is 43.6 Å². The van der Waals surface area contributed by atoms with Crippen molar-refractivity contribution in [1.29, 1.82) is 0 Å². The summed E-state index contributed by atoms with van der Waals surface area (Å²) in [6, 6.07) is 0. The molecule has 1 N–H and O–H groups in total. The molecule has 1 aromatic rings. The van der Waals surface area contributed by atoms with Gasteiger partial charge < -0.3 is 15.0 Å². The number of anilines is 1. The number of likely N-dealkylation sites (tertiary alicyclic amines) is 1. The van der Waals surface area contributed by atoms with Crippen LogP contribution in [0.25, 0.3) is 0 Å². The number of rotatable bonds is 8. The first kappa shape index (κ1) is 21.7. The van der Waals surface area contributed by atoms with Crippen LogP contribution in [-0.4, -0.2) is 54.5 Å². The maximum absolute atomic E-state index is 12.5.